The van der Waals surface area contributed by atoms with Crippen LogP contribution in [0.1, 0.15) is 26.3 Å². The average Bonchev–Trinajstić information content (AvgIpc) is 2.81. The highest BCUT2D eigenvalue weighted by molar-refractivity contribution is 6.13. The van der Waals surface area contributed by atoms with Gasteiger partial charge < -0.3 is 10.6 Å². The van der Waals surface area contributed by atoms with E-state index >= 15 is 0 Å². The van der Waals surface area contributed by atoms with Crippen molar-refractivity contribution in [3.8, 4) is 11.1 Å². The lowest BCUT2D eigenvalue weighted by atomic mass is 10.0. The second kappa shape index (κ2) is 9.22. The Morgan fingerprint density at radius 3 is 2.22 bits per heavy atom. The van der Waals surface area contributed by atoms with Crippen molar-refractivity contribution in [1.82, 2.24) is 4.98 Å². The maximum Gasteiger partial charge on any atom is 0.257 e. The summed E-state index contributed by atoms with van der Waals surface area (Å²) in [6.45, 7) is 1.98. The van der Waals surface area contributed by atoms with E-state index in [9.17, 15) is 14.0 Å². The van der Waals surface area contributed by atoms with Crippen molar-refractivity contribution in [2.24, 2.45) is 0 Å². The van der Waals surface area contributed by atoms with Gasteiger partial charge in [0, 0.05) is 29.2 Å². The largest absolute Gasteiger partial charge is 0.321 e. The van der Waals surface area contributed by atoms with Crippen molar-refractivity contribution in [1.29, 1.82) is 0 Å². The number of para-hydroxylation sites is 1. The van der Waals surface area contributed by atoms with Gasteiger partial charge in [0.25, 0.3) is 11.8 Å². The minimum absolute atomic E-state index is 0.292. The number of carbonyl (C=O) groups is 2. The van der Waals surface area contributed by atoms with Gasteiger partial charge in [-0.05, 0) is 73.2 Å². The number of aryl methyl sites for hydroxylation is 1. The molecule has 0 aliphatic rings. The smallest absolute Gasteiger partial charge is 0.257 e. The number of benzene rings is 3. The fourth-order valence-electron chi connectivity index (χ4n) is 3.31. The van der Waals surface area contributed by atoms with Gasteiger partial charge >= 0.3 is 0 Å². The van der Waals surface area contributed by atoms with Crippen LogP contribution < -0.4 is 10.6 Å². The molecule has 0 radical (unpaired) electrons. The molecule has 32 heavy (non-hydrogen) atoms. The average molecular weight is 425 g/mol. The van der Waals surface area contributed by atoms with Gasteiger partial charge in [0.15, 0.2) is 0 Å². The first kappa shape index (κ1) is 20.9. The first-order valence-corrected chi connectivity index (χ1v) is 9.99. The lowest BCUT2D eigenvalue weighted by molar-refractivity contribution is 0.102. The van der Waals surface area contributed by atoms with Gasteiger partial charge in [-0.25, -0.2) is 4.39 Å². The number of carbonyl (C=O) groups excluding carboxylic acids is 2. The van der Waals surface area contributed by atoms with Crippen LogP contribution in [0.5, 0.6) is 0 Å². The predicted octanol–water partition coefficient (Wildman–Crippen LogP) is 5.70. The molecule has 0 atom stereocenters. The number of halogens is 1. The Kier molecular flexibility index (Phi) is 6.03. The van der Waals surface area contributed by atoms with E-state index < -0.39 is 11.7 Å². The zero-order chi connectivity index (χ0) is 22.5. The molecule has 6 heteroatoms. The third kappa shape index (κ3) is 4.70. The molecule has 3 aromatic carbocycles. The number of nitrogens with zero attached hydrogens (tertiary/aromatic N) is 1. The fourth-order valence-corrected chi connectivity index (χ4v) is 3.31. The van der Waals surface area contributed by atoms with Crippen molar-refractivity contribution >= 4 is 23.2 Å². The van der Waals surface area contributed by atoms with E-state index in [0.717, 1.165) is 16.7 Å². The summed E-state index contributed by atoms with van der Waals surface area (Å²) >= 11 is 0. The molecule has 0 spiro atoms. The monoisotopic (exact) mass is 425 g/mol. The first-order valence-electron chi connectivity index (χ1n) is 9.99. The summed E-state index contributed by atoms with van der Waals surface area (Å²) in [7, 11) is 0. The number of amides is 2. The normalized spacial score (nSPS) is 10.4. The lowest BCUT2D eigenvalue weighted by Gasteiger charge is -2.15. The van der Waals surface area contributed by atoms with E-state index in [1.54, 1.807) is 36.7 Å². The summed E-state index contributed by atoms with van der Waals surface area (Å²) in [6, 6.07) is 21.5. The van der Waals surface area contributed by atoms with E-state index in [2.05, 4.69) is 15.6 Å². The van der Waals surface area contributed by atoms with E-state index in [4.69, 9.17) is 0 Å². The molecular weight excluding hydrogens is 405 g/mol. The summed E-state index contributed by atoms with van der Waals surface area (Å²) < 4.78 is 13.1. The van der Waals surface area contributed by atoms with Gasteiger partial charge in [-0.1, -0.05) is 23.8 Å². The van der Waals surface area contributed by atoms with E-state index in [1.807, 2.05) is 37.3 Å². The minimum atomic E-state index is -0.432. The van der Waals surface area contributed by atoms with Crippen LogP contribution in [-0.2, 0) is 0 Å². The van der Waals surface area contributed by atoms with E-state index in [1.165, 1.54) is 24.3 Å². The number of nitrogens with one attached hydrogen (secondary N) is 2. The SMILES string of the molecule is Cc1ccc(NC(=O)c2ccccc2NC(=O)c2ccc(F)cc2)c(-c2ccncc2)c1. The molecule has 0 aliphatic heterocycles. The van der Waals surface area contributed by atoms with Crippen molar-refractivity contribution in [3.63, 3.8) is 0 Å². The van der Waals surface area contributed by atoms with Crippen LogP contribution in [0.3, 0.4) is 0 Å². The summed E-state index contributed by atoms with van der Waals surface area (Å²) in [5, 5.41) is 5.69. The van der Waals surface area contributed by atoms with Crippen molar-refractivity contribution < 1.29 is 14.0 Å². The third-order valence-corrected chi connectivity index (χ3v) is 4.94. The van der Waals surface area contributed by atoms with Gasteiger partial charge in [-0.3, -0.25) is 14.6 Å². The number of rotatable bonds is 5. The molecule has 0 fully saturated rings. The Labute approximate surface area is 185 Å². The van der Waals surface area contributed by atoms with E-state index in [-0.39, 0.29) is 5.91 Å². The van der Waals surface area contributed by atoms with Crippen LogP contribution >= 0.6 is 0 Å². The molecule has 0 bridgehead atoms. The van der Waals surface area contributed by atoms with Crippen LogP contribution in [0.4, 0.5) is 15.8 Å². The molecule has 0 saturated carbocycles. The van der Waals surface area contributed by atoms with Gasteiger partial charge in [0.2, 0.25) is 0 Å². The Morgan fingerprint density at radius 2 is 1.47 bits per heavy atom. The maximum atomic E-state index is 13.1. The number of pyridine rings is 1. The zero-order valence-corrected chi connectivity index (χ0v) is 17.3. The highest BCUT2D eigenvalue weighted by Gasteiger charge is 2.16. The molecule has 2 amide bonds. The van der Waals surface area contributed by atoms with Crippen LogP contribution in [0.2, 0.25) is 0 Å². The van der Waals surface area contributed by atoms with Crippen molar-refractivity contribution in [2.75, 3.05) is 10.6 Å². The number of hydrogen-bond donors (Lipinski definition) is 2. The fraction of sp³-hybridized carbons (Fsp3) is 0.0385. The molecule has 1 aromatic heterocycles. The van der Waals surface area contributed by atoms with Crippen LogP contribution in [0, 0.1) is 12.7 Å². The van der Waals surface area contributed by atoms with Crippen molar-refractivity contribution in [2.45, 2.75) is 6.92 Å². The topological polar surface area (TPSA) is 71.1 Å². The summed E-state index contributed by atoms with van der Waals surface area (Å²) in [4.78, 5) is 29.8. The van der Waals surface area contributed by atoms with Crippen LogP contribution in [-0.4, -0.2) is 16.8 Å². The number of anilines is 2. The Balaban J connectivity index is 1.60. The molecule has 4 aromatic rings. The molecular formula is C26H20FN3O2. The lowest BCUT2D eigenvalue weighted by Crippen LogP contribution is -2.18. The summed E-state index contributed by atoms with van der Waals surface area (Å²) in [5.41, 5.74) is 4.46. The molecule has 5 nitrogen and oxygen atoms in total. The highest BCUT2D eigenvalue weighted by atomic mass is 19.1. The summed E-state index contributed by atoms with van der Waals surface area (Å²) in [5.74, 6) is -1.22. The Morgan fingerprint density at radius 1 is 0.781 bits per heavy atom. The zero-order valence-electron chi connectivity index (χ0n) is 17.3. The molecule has 158 valence electrons. The van der Waals surface area contributed by atoms with Gasteiger partial charge in [-0.2, -0.15) is 0 Å². The predicted molar refractivity (Wildman–Crippen MR) is 123 cm³/mol. The quantitative estimate of drug-likeness (QED) is 0.431. The van der Waals surface area contributed by atoms with Crippen LogP contribution in [0.15, 0.2) is 91.3 Å². The van der Waals surface area contributed by atoms with E-state index in [0.29, 0.717) is 22.5 Å². The molecule has 0 unspecified atom stereocenters. The number of hydrogen-bond acceptors (Lipinski definition) is 3. The highest BCUT2D eigenvalue weighted by Crippen LogP contribution is 2.29. The Bertz CT molecular complexity index is 1270. The standard InChI is InChI=1S/C26H20FN3O2/c1-17-6-11-24(22(16-17)18-12-14-28-15-13-18)30-26(32)21-4-2-3-5-23(21)29-25(31)19-7-9-20(27)10-8-19/h2-16H,1H3,(H,29,31)(H,30,32). The molecule has 4 rings (SSSR count). The minimum Gasteiger partial charge on any atom is -0.321 e. The molecule has 2 N–H and O–H groups in total. The molecule has 0 saturated heterocycles. The van der Waals surface area contributed by atoms with Gasteiger partial charge in [0.05, 0.1) is 11.3 Å². The van der Waals surface area contributed by atoms with Crippen LogP contribution in [0.25, 0.3) is 11.1 Å². The molecule has 0 aliphatic carbocycles. The second-order valence-corrected chi connectivity index (χ2v) is 7.25. The second-order valence-electron chi connectivity index (χ2n) is 7.25. The number of aromatic nitrogens is 1. The van der Waals surface area contributed by atoms with Gasteiger partial charge in [-0.15, -0.1) is 0 Å². The third-order valence-electron chi connectivity index (χ3n) is 4.94. The molecule has 1 heterocycles. The van der Waals surface area contributed by atoms with Crippen molar-refractivity contribution in [3.05, 3.63) is 114 Å². The maximum absolute atomic E-state index is 13.1. The first-order chi connectivity index (χ1) is 15.5. The Hall–Kier alpha value is -4.32. The summed E-state index contributed by atoms with van der Waals surface area (Å²) in [6.07, 6.45) is 3.40. The van der Waals surface area contributed by atoms with Gasteiger partial charge in [0.1, 0.15) is 5.82 Å².